The molecule has 0 radical (unpaired) electrons. The Morgan fingerprint density at radius 3 is 2.22 bits per heavy atom. The van der Waals surface area contributed by atoms with Crippen LogP contribution in [0.2, 0.25) is 0 Å². The van der Waals surface area contributed by atoms with E-state index in [4.69, 9.17) is 0 Å². The summed E-state index contributed by atoms with van der Waals surface area (Å²) in [7, 11) is -3.65. The average Bonchev–Trinajstić information content (AvgIpc) is 3.17. The molecule has 1 heterocycles. The third kappa shape index (κ3) is 4.71. The first kappa shape index (κ1) is 21.7. The van der Waals surface area contributed by atoms with Crippen molar-refractivity contribution in [3.63, 3.8) is 0 Å². The summed E-state index contributed by atoms with van der Waals surface area (Å²) in [5, 5.41) is 2.84. The number of aromatic nitrogens is 2. The molecular weight excluding hydrogens is 424 g/mol. The van der Waals surface area contributed by atoms with Crippen LogP contribution in [0.4, 0.5) is 5.69 Å². The molecule has 4 rings (SSSR count). The normalized spacial score (nSPS) is 12.1. The van der Waals surface area contributed by atoms with E-state index < -0.39 is 15.6 Å². The second-order valence-electron chi connectivity index (χ2n) is 8.48. The molecule has 3 aromatic carbocycles. The number of amides is 1. The summed E-state index contributed by atoms with van der Waals surface area (Å²) >= 11 is 0. The highest BCUT2D eigenvalue weighted by Crippen LogP contribution is 2.20. The van der Waals surface area contributed by atoms with E-state index in [1.807, 2.05) is 53.1 Å². The first-order chi connectivity index (χ1) is 15.1. The summed E-state index contributed by atoms with van der Waals surface area (Å²) in [6.07, 6.45) is 1.77. The summed E-state index contributed by atoms with van der Waals surface area (Å²) < 4.78 is 29.4. The Hall–Kier alpha value is -3.49. The molecule has 0 unspecified atom stereocenters. The first-order valence-electron chi connectivity index (χ1n) is 10.1. The fraction of sp³-hybridized carbons (Fsp3) is 0.167. The lowest BCUT2D eigenvalue weighted by Gasteiger charge is -2.20. The molecule has 0 spiro atoms. The maximum absolute atomic E-state index is 12.6. The third-order valence-corrected chi connectivity index (χ3v) is 6.50. The van der Waals surface area contributed by atoms with E-state index in [1.54, 1.807) is 27.1 Å². The standard InChI is InChI=1S/C24H24N4O3S/c1-24(2,3)27-32(30,31)20-14-8-17(9-15-20)23(29)26-18-10-12-19(13-11-18)28-16-25-21-6-4-5-7-22(21)28/h4-16,27H,1-3H3,(H,26,29). The van der Waals surface area contributed by atoms with Crippen molar-refractivity contribution >= 4 is 32.7 Å². The minimum Gasteiger partial charge on any atom is -0.322 e. The number of nitrogens with one attached hydrogen (secondary N) is 2. The van der Waals surface area contributed by atoms with Gasteiger partial charge in [0.25, 0.3) is 5.91 Å². The number of anilines is 1. The fourth-order valence-electron chi connectivity index (χ4n) is 3.32. The largest absolute Gasteiger partial charge is 0.322 e. The number of para-hydroxylation sites is 2. The van der Waals surface area contributed by atoms with Crippen LogP contribution in [0.25, 0.3) is 16.7 Å². The SMILES string of the molecule is CC(C)(C)NS(=O)(=O)c1ccc(C(=O)Nc2ccc(-n3cnc4ccccc43)cc2)cc1. The lowest BCUT2D eigenvalue weighted by Crippen LogP contribution is -2.40. The number of rotatable bonds is 5. The highest BCUT2D eigenvalue weighted by Gasteiger charge is 2.22. The predicted octanol–water partition coefficient (Wildman–Crippen LogP) is 4.35. The zero-order valence-corrected chi connectivity index (χ0v) is 18.8. The molecule has 4 aromatic rings. The second-order valence-corrected chi connectivity index (χ2v) is 10.2. The summed E-state index contributed by atoms with van der Waals surface area (Å²) in [4.78, 5) is 17.1. The molecule has 0 fully saturated rings. The zero-order valence-electron chi connectivity index (χ0n) is 18.0. The molecule has 0 saturated carbocycles. The average molecular weight is 449 g/mol. The van der Waals surface area contributed by atoms with Gasteiger partial charge in [0, 0.05) is 22.5 Å². The summed E-state index contributed by atoms with van der Waals surface area (Å²) in [5.41, 5.74) is 3.24. The number of hydrogen-bond acceptors (Lipinski definition) is 4. The molecule has 0 atom stereocenters. The second kappa shape index (κ2) is 8.22. The molecule has 32 heavy (non-hydrogen) atoms. The number of nitrogens with zero attached hydrogens (tertiary/aromatic N) is 2. The fourth-order valence-corrected chi connectivity index (χ4v) is 4.74. The van der Waals surface area contributed by atoms with Crippen LogP contribution in [0.5, 0.6) is 0 Å². The zero-order chi connectivity index (χ0) is 22.9. The van der Waals surface area contributed by atoms with Crippen LogP contribution in [0, 0.1) is 0 Å². The molecule has 0 aliphatic carbocycles. The monoisotopic (exact) mass is 448 g/mol. The van der Waals surface area contributed by atoms with Crippen LogP contribution in [-0.2, 0) is 10.0 Å². The van der Waals surface area contributed by atoms with Gasteiger partial charge >= 0.3 is 0 Å². The molecule has 1 amide bonds. The molecule has 164 valence electrons. The number of fused-ring (bicyclic) bond motifs is 1. The Morgan fingerprint density at radius 2 is 1.56 bits per heavy atom. The highest BCUT2D eigenvalue weighted by atomic mass is 32.2. The van der Waals surface area contributed by atoms with Crippen molar-refractivity contribution < 1.29 is 13.2 Å². The van der Waals surface area contributed by atoms with E-state index in [9.17, 15) is 13.2 Å². The van der Waals surface area contributed by atoms with Gasteiger partial charge in [-0.25, -0.2) is 18.1 Å². The lowest BCUT2D eigenvalue weighted by molar-refractivity contribution is 0.102. The lowest BCUT2D eigenvalue weighted by atomic mass is 10.1. The van der Waals surface area contributed by atoms with Gasteiger partial charge in [-0.3, -0.25) is 9.36 Å². The molecule has 1 aromatic heterocycles. The predicted molar refractivity (Wildman–Crippen MR) is 126 cm³/mol. The van der Waals surface area contributed by atoms with Crippen molar-refractivity contribution in [2.24, 2.45) is 0 Å². The number of carbonyl (C=O) groups is 1. The van der Waals surface area contributed by atoms with Gasteiger partial charge < -0.3 is 5.32 Å². The Balaban J connectivity index is 1.47. The van der Waals surface area contributed by atoms with Gasteiger partial charge in [-0.15, -0.1) is 0 Å². The quantitative estimate of drug-likeness (QED) is 0.475. The molecule has 7 nitrogen and oxygen atoms in total. The minimum absolute atomic E-state index is 0.112. The number of carbonyl (C=O) groups excluding carboxylic acids is 1. The van der Waals surface area contributed by atoms with E-state index in [-0.39, 0.29) is 10.8 Å². The highest BCUT2D eigenvalue weighted by molar-refractivity contribution is 7.89. The maximum atomic E-state index is 12.6. The van der Waals surface area contributed by atoms with E-state index in [1.165, 1.54) is 24.3 Å². The van der Waals surface area contributed by atoms with Crippen molar-refractivity contribution in [2.45, 2.75) is 31.2 Å². The third-order valence-electron chi connectivity index (χ3n) is 4.72. The van der Waals surface area contributed by atoms with Gasteiger partial charge in [0.05, 0.1) is 15.9 Å². The summed E-state index contributed by atoms with van der Waals surface area (Å²) in [5.74, 6) is -0.321. The van der Waals surface area contributed by atoms with Gasteiger partial charge in [0.15, 0.2) is 0 Å². The van der Waals surface area contributed by atoms with Crippen LogP contribution in [0.3, 0.4) is 0 Å². The number of hydrogen-bond donors (Lipinski definition) is 2. The Bertz CT molecular complexity index is 1370. The van der Waals surface area contributed by atoms with E-state index in [0.717, 1.165) is 16.7 Å². The maximum Gasteiger partial charge on any atom is 0.255 e. The van der Waals surface area contributed by atoms with Crippen LogP contribution in [-0.4, -0.2) is 29.4 Å². The van der Waals surface area contributed by atoms with Crippen molar-refractivity contribution in [2.75, 3.05) is 5.32 Å². The summed E-state index contributed by atoms with van der Waals surface area (Å²) in [6.45, 7) is 5.31. The Kier molecular flexibility index (Phi) is 5.58. The number of imidazole rings is 1. The molecular formula is C24H24N4O3S. The Morgan fingerprint density at radius 1 is 0.906 bits per heavy atom. The van der Waals surface area contributed by atoms with E-state index >= 15 is 0 Å². The van der Waals surface area contributed by atoms with Gasteiger partial charge in [0.1, 0.15) is 6.33 Å². The molecule has 0 aliphatic heterocycles. The van der Waals surface area contributed by atoms with Crippen molar-refractivity contribution in [1.29, 1.82) is 0 Å². The molecule has 2 N–H and O–H groups in total. The molecule has 0 saturated heterocycles. The number of benzene rings is 3. The van der Waals surface area contributed by atoms with Crippen LogP contribution < -0.4 is 10.0 Å². The minimum atomic E-state index is -3.65. The molecule has 0 bridgehead atoms. The smallest absolute Gasteiger partial charge is 0.255 e. The molecule has 0 aliphatic rings. The van der Waals surface area contributed by atoms with Gasteiger partial charge in [0.2, 0.25) is 10.0 Å². The van der Waals surface area contributed by atoms with Crippen molar-refractivity contribution in [1.82, 2.24) is 14.3 Å². The van der Waals surface area contributed by atoms with Gasteiger partial charge in [-0.05, 0) is 81.4 Å². The van der Waals surface area contributed by atoms with E-state index in [0.29, 0.717) is 11.3 Å². The Labute approximate surface area is 187 Å². The first-order valence-corrected chi connectivity index (χ1v) is 11.6. The molecule has 8 heteroatoms. The van der Waals surface area contributed by atoms with Gasteiger partial charge in [-0.1, -0.05) is 12.1 Å². The van der Waals surface area contributed by atoms with Crippen LogP contribution >= 0.6 is 0 Å². The van der Waals surface area contributed by atoms with Crippen LogP contribution in [0.1, 0.15) is 31.1 Å². The topological polar surface area (TPSA) is 93.1 Å². The van der Waals surface area contributed by atoms with Gasteiger partial charge in [-0.2, -0.15) is 0 Å². The number of sulfonamides is 1. The van der Waals surface area contributed by atoms with Crippen LogP contribution in [0.15, 0.2) is 84.0 Å². The van der Waals surface area contributed by atoms with Crippen molar-refractivity contribution in [3.05, 3.63) is 84.7 Å². The van der Waals surface area contributed by atoms with Crippen molar-refractivity contribution in [3.8, 4) is 5.69 Å². The summed E-state index contributed by atoms with van der Waals surface area (Å²) in [6, 6.07) is 21.1. The van der Waals surface area contributed by atoms with E-state index in [2.05, 4.69) is 15.0 Å².